The molecule has 8 nitrogen and oxygen atoms in total. The lowest BCUT2D eigenvalue weighted by molar-refractivity contribution is 0.0952. The van der Waals surface area contributed by atoms with Crippen LogP contribution in [0.25, 0.3) is 11.0 Å². The molecule has 0 aliphatic rings. The van der Waals surface area contributed by atoms with Gasteiger partial charge in [0, 0.05) is 19.3 Å². The van der Waals surface area contributed by atoms with Crippen LogP contribution in [0.2, 0.25) is 0 Å². The molecule has 0 saturated heterocycles. The number of benzene rings is 1. The minimum absolute atomic E-state index is 0.0324. The number of carbonyl (C=O) groups excluding carboxylic acids is 1. The van der Waals surface area contributed by atoms with E-state index in [0.717, 1.165) is 22.3 Å². The van der Waals surface area contributed by atoms with Crippen LogP contribution in [0.1, 0.15) is 27.3 Å². The van der Waals surface area contributed by atoms with Crippen LogP contribution in [0, 0.1) is 13.8 Å². The van der Waals surface area contributed by atoms with Crippen LogP contribution in [-0.2, 0) is 23.6 Å². The number of hydrogen-bond acceptors (Lipinski definition) is 5. The molecule has 1 amide bonds. The van der Waals surface area contributed by atoms with Crippen LogP contribution in [0.5, 0.6) is 0 Å². The first-order chi connectivity index (χ1) is 12.2. The molecule has 0 saturated carbocycles. The van der Waals surface area contributed by atoms with E-state index in [1.165, 1.54) is 12.1 Å². The minimum Gasteiger partial charge on any atom is -0.348 e. The highest BCUT2D eigenvalue weighted by molar-refractivity contribution is 7.89. The van der Waals surface area contributed by atoms with Crippen LogP contribution >= 0.6 is 0 Å². The lowest BCUT2D eigenvalue weighted by Crippen LogP contribution is -2.23. The number of nitrogens with two attached hydrogens (primary N) is 1. The highest BCUT2D eigenvalue weighted by Crippen LogP contribution is 2.21. The molecule has 136 valence electrons. The zero-order chi connectivity index (χ0) is 19.1. The lowest BCUT2D eigenvalue weighted by atomic mass is 10.1. The van der Waals surface area contributed by atoms with Crippen molar-refractivity contribution in [2.75, 3.05) is 0 Å². The molecule has 2 heterocycles. The fraction of sp³-hybridized carbons (Fsp3) is 0.235. The average molecular weight is 373 g/mol. The number of amides is 1. The number of nitrogens with one attached hydrogen (secondary N) is 1. The molecule has 0 spiro atoms. The SMILES string of the molecule is Cc1cc(C(=O)NCc2ccc(S(N)(=O)=O)cc2)c2c(C)nn(C)c2n1. The molecule has 3 rings (SSSR count). The molecule has 3 aromatic rings. The molecule has 0 aliphatic carbocycles. The second-order valence-corrected chi connectivity index (χ2v) is 7.65. The summed E-state index contributed by atoms with van der Waals surface area (Å²) in [4.78, 5) is 17.2. The zero-order valence-electron chi connectivity index (χ0n) is 14.6. The van der Waals surface area contributed by atoms with Crippen molar-refractivity contribution < 1.29 is 13.2 Å². The summed E-state index contributed by atoms with van der Waals surface area (Å²) in [5.41, 5.74) is 3.39. The Hall–Kier alpha value is -2.78. The molecule has 0 aliphatic heterocycles. The van der Waals surface area contributed by atoms with E-state index >= 15 is 0 Å². The Bertz CT molecular complexity index is 1100. The first-order valence-corrected chi connectivity index (χ1v) is 9.42. The van der Waals surface area contributed by atoms with Crippen molar-refractivity contribution >= 4 is 27.0 Å². The number of rotatable bonds is 4. The predicted octanol–water partition coefficient (Wildman–Crippen LogP) is 1.16. The van der Waals surface area contributed by atoms with E-state index in [4.69, 9.17) is 5.14 Å². The summed E-state index contributed by atoms with van der Waals surface area (Å²) < 4.78 is 24.2. The van der Waals surface area contributed by atoms with Gasteiger partial charge in [-0.2, -0.15) is 5.10 Å². The van der Waals surface area contributed by atoms with Gasteiger partial charge in [-0.25, -0.2) is 18.5 Å². The fourth-order valence-electron chi connectivity index (χ4n) is 2.82. The Kier molecular flexibility index (Phi) is 4.51. The van der Waals surface area contributed by atoms with Gasteiger partial charge in [-0.1, -0.05) is 12.1 Å². The number of hydrogen-bond donors (Lipinski definition) is 2. The number of aromatic nitrogens is 3. The van der Waals surface area contributed by atoms with Crippen molar-refractivity contribution in [2.45, 2.75) is 25.3 Å². The molecule has 3 N–H and O–H groups in total. The lowest BCUT2D eigenvalue weighted by Gasteiger charge is -2.08. The van der Waals surface area contributed by atoms with Crippen LogP contribution < -0.4 is 10.5 Å². The Balaban J connectivity index is 1.84. The van der Waals surface area contributed by atoms with Crippen molar-refractivity contribution in [1.29, 1.82) is 0 Å². The van der Waals surface area contributed by atoms with Gasteiger partial charge in [-0.15, -0.1) is 0 Å². The highest BCUT2D eigenvalue weighted by atomic mass is 32.2. The summed E-state index contributed by atoms with van der Waals surface area (Å²) in [6.07, 6.45) is 0. The standard InChI is InChI=1S/C17H19N5O3S/c1-10-8-14(15-11(2)21-22(3)16(15)20-10)17(23)19-9-12-4-6-13(7-5-12)26(18,24)25/h4-8H,9H2,1-3H3,(H,19,23)(H2,18,24,25). The first-order valence-electron chi connectivity index (χ1n) is 7.87. The van der Waals surface area contributed by atoms with Crippen LogP contribution in [0.4, 0.5) is 0 Å². The maximum absolute atomic E-state index is 12.7. The van der Waals surface area contributed by atoms with E-state index in [-0.39, 0.29) is 17.3 Å². The van der Waals surface area contributed by atoms with E-state index in [0.29, 0.717) is 11.2 Å². The third-order valence-corrected chi connectivity index (χ3v) is 4.98. The van der Waals surface area contributed by atoms with Crippen molar-refractivity contribution in [1.82, 2.24) is 20.1 Å². The molecule has 26 heavy (non-hydrogen) atoms. The second-order valence-electron chi connectivity index (χ2n) is 6.09. The van der Waals surface area contributed by atoms with E-state index in [1.807, 2.05) is 13.8 Å². The maximum Gasteiger partial charge on any atom is 0.252 e. The molecule has 2 aromatic heterocycles. The quantitative estimate of drug-likeness (QED) is 0.711. The van der Waals surface area contributed by atoms with Gasteiger partial charge in [0.15, 0.2) is 5.65 Å². The predicted molar refractivity (Wildman–Crippen MR) is 97.0 cm³/mol. The first kappa shape index (κ1) is 18.0. The van der Waals surface area contributed by atoms with E-state index in [9.17, 15) is 13.2 Å². The van der Waals surface area contributed by atoms with Gasteiger partial charge >= 0.3 is 0 Å². The van der Waals surface area contributed by atoms with Crippen LogP contribution in [-0.4, -0.2) is 29.1 Å². The van der Waals surface area contributed by atoms with Gasteiger partial charge in [0.1, 0.15) is 0 Å². The van der Waals surface area contributed by atoms with Crippen LogP contribution in [0.15, 0.2) is 35.2 Å². The van der Waals surface area contributed by atoms with E-state index in [2.05, 4.69) is 15.4 Å². The number of primary sulfonamides is 1. The van der Waals surface area contributed by atoms with E-state index < -0.39 is 10.0 Å². The summed E-state index contributed by atoms with van der Waals surface area (Å²) in [6, 6.07) is 7.79. The monoisotopic (exact) mass is 373 g/mol. The van der Waals surface area contributed by atoms with Gasteiger partial charge in [-0.3, -0.25) is 9.48 Å². The molecule has 1 aromatic carbocycles. The number of nitrogens with zero attached hydrogens (tertiary/aromatic N) is 3. The van der Waals surface area contributed by atoms with Gasteiger partial charge in [0.05, 0.1) is 21.5 Å². The number of fused-ring (bicyclic) bond motifs is 1. The topological polar surface area (TPSA) is 120 Å². The number of carbonyl (C=O) groups is 1. The number of aryl methyl sites for hydroxylation is 3. The van der Waals surface area contributed by atoms with Gasteiger partial charge in [0.2, 0.25) is 10.0 Å². The summed E-state index contributed by atoms with van der Waals surface area (Å²) in [7, 11) is -1.94. The summed E-state index contributed by atoms with van der Waals surface area (Å²) >= 11 is 0. The summed E-state index contributed by atoms with van der Waals surface area (Å²) in [5.74, 6) is -0.243. The fourth-order valence-corrected chi connectivity index (χ4v) is 3.34. The van der Waals surface area contributed by atoms with Crippen molar-refractivity contribution in [3.05, 3.63) is 52.8 Å². The van der Waals surface area contributed by atoms with E-state index in [1.54, 1.807) is 29.9 Å². The normalized spacial score (nSPS) is 11.7. The van der Waals surface area contributed by atoms with Gasteiger partial charge < -0.3 is 5.32 Å². The molecule has 0 fully saturated rings. The second kappa shape index (κ2) is 6.50. The zero-order valence-corrected chi connectivity index (χ0v) is 15.5. The minimum atomic E-state index is -3.73. The van der Waals surface area contributed by atoms with Crippen LogP contribution in [0.3, 0.4) is 0 Å². The molecule has 9 heteroatoms. The highest BCUT2D eigenvalue weighted by Gasteiger charge is 2.17. The third-order valence-electron chi connectivity index (χ3n) is 4.05. The Labute approximate surface area is 151 Å². The average Bonchev–Trinajstić information content (AvgIpc) is 2.85. The van der Waals surface area contributed by atoms with Crippen molar-refractivity contribution in [2.24, 2.45) is 12.2 Å². The molecular formula is C17H19N5O3S. The maximum atomic E-state index is 12.7. The Morgan fingerprint density at radius 3 is 2.50 bits per heavy atom. The van der Waals surface area contributed by atoms with Crippen molar-refractivity contribution in [3.63, 3.8) is 0 Å². The Morgan fingerprint density at radius 2 is 1.88 bits per heavy atom. The van der Waals surface area contributed by atoms with Gasteiger partial charge in [0.25, 0.3) is 5.91 Å². The van der Waals surface area contributed by atoms with Crippen molar-refractivity contribution in [3.8, 4) is 0 Å². The number of sulfonamides is 1. The molecule has 0 bridgehead atoms. The molecule has 0 radical (unpaired) electrons. The summed E-state index contributed by atoms with van der Waals surface area (Å²) in [6.45, 7) is 3.92. The largest absolute Gasteiger partial charge is 0.348 e. The third kappa shape index (κ3) is 3.44. The Morgan fingerprint density at radius 1 is 1.23 bits per heavy atom. The molecule has 0 unspecified atom stereocenters. The smallest absolute Gasteiger partial charge is 0.252 e. The molecular weight excluding hydrogens is 354 g/mol. The molecule has 0 atom stereocenters. The number of pyridine rings is 1. The summed E-state index contributed by atoms with van der Waals surface area (Å²) in [5, 5.41) is 13.0. The van der Waals surface area contributed by atoms with Gasteiger partial charge in [-0.05, 0) is 37.6 Å².